The molecule has 0 saturated heterocycles. The molecule has 0 heterocycles. The summed E-state index contributed by atoms with van der Waals surface area (Å²) >= 11 is 0. The van der Waals surface area contributed by atoms with E-state index in [2.05, 4.69) is 17.2 Å². The molecule has 114 valence electrons. The van der Waals surface area contributed by atoms with Gasteiger partial charge in [-0.25, -0.2) is 4.39 Å². The van der Waals surface area contributed by atoms with Crippen LogP contribution in [0.25, 0.3) is 0 Å². The van der Waals surface area contributed by atoms with E-state index in [4.69, 9.17) is 5.73 Å². The fourth-order valence-electron chi connectivity index (χ4n) is 1.90. The Kier molecular flexibility index (Phi) is 7.44. The first-order valence-corrected chi connectivity index (χ1v) is 6.98. The van der Waals surface area contributed by atoms with Gasteiger partial charge >= 0.3 is 0 Å². The van der Waals surface area contributed by atoms with Gasteiger partial charge in [-0.05, 0) is 37.2 Å². The Morgan fingerprint density at radius 2 is 2.19 bits per heavy atom. The predicted octanol–water partition coefficient (Wildman–Crippen LogP) is 1.09. The van der Waals surface area contributed by atoms with E-state index in [9.17, 15) is 9.18 Å². The zero-order valence-corrected chi connectivity index (χ0v) is 12.6. The molecule has 21 heavy (non-hydrogen) atoms. The maximum absolute atomic E-state index is 13.5. The lowest BCUT2D eigenvalue weighted by Crippen LogP contribution is -2.35. The zero-order chi connectivity index (χ0) is 15.7. The summed E-state index contributed by atoms with van der Waals surface area (Å²) in [6.45, 7) is 3.67. The van der Waals surface area contributed by atoms with Crippen molar-refractivity contribution in [2.24, 2.45) is 5.73 Å². The number of nitrogens with zero attached hydrogens (tertiary/aromatic N) is 1. The number of rotatable bonds is 6. The van der Waals surface area contributed by atoms with Gasteiger partial charge in [0.2, 0.25) is 5.91 Å². The van der Waals surface area contributed by atoms with E-state index in [1.807, 2.05) is 24.9 Å². The largest absolute Gasteiger partial charge is 0.355 e. The van der Waals surface area contributed by atoms with Gasteiger partial charge in [0.1, 0.15) is 5.82 Å². The van der Waals surface area contributed by atoms with Crippen molar-refractivity contribution in [3.63, 3.8) is 0 Å². The number of carbonyl (C=O) groups is 1. The summed E-state index contributed by atoms with van der Waals surface area (Å²) in [4.78, 5) is 13.4. The molecule has 0 radical (unpaired) electrons. The molecule has 4 nitrogen and oxygen atoms in total. The van der Waals surface area contributed by atoms with Crippen LogP contribution in [0.1, 0.15) is 24.5 Å². The highest BCUT2D eigenvalue weighted by Crippen LogP contribution is 2.10. The van der Waals surface area contributed by atoms with Gasteiger partial charge < -0.3 is 11.1 Å². The number of hydrogen-bond acceptors (Lipinski definition) is 3. The predicted molar refractivity (Wildman–Crippen MR) is 82.0 cm³/mol. The van der Waals surface area contributed by atoms with Crippen molar-refractivity contribution in [2.45, 2.75) is 19.9 Å². The molecule has 0 aliphatic carbocycles. The Bertz CT molecular complexity index is 534. The van der Waals surface area contributed by atoms with E-state index >= 15 is 0 Å². The third-order valence-electron chi connectivity index (χ3n) is 2.73. The van der Waals surface area contributed by atoms with E-state index in [0.717, 1.165) is 12.0 Å². The van der Waals surface area contributed by atoms with Gasteiger partial charge in [0, 0.05) is 18.7 Å². The number of hydrogen-bond donors (Lipinski definition) is 2. The van der Waals surface area contributed by atoms with Crippen LogP contribution in [-0.4, -0.2) is 37.5 Å². The van der Waals surface area contributed by atoms with Crippen molar-refractivity contribution in [1.29, 1.82) is 0 Å². The number of nitrogens with two attached hydrogens (primary N) is 1. The Labute approximate surface area is 125 Å². The quantitative estimate of drug-likeness (QED) is 0.772. The average molecular weight is 291 g/mol. The van der Waals surface area contributed by atoms with Crippen LogP contribution in [0.3, 0.4) is 0 Å². The van der Waals surface area contributed by atoms with E-state index in [1.165, 1.54) is 12.1 Å². The molecule has 0 unspecified atom stereocenters. The van der Waals surface area contributed by atoms with E-state index in [1.54, 1.807) is 0 Å². The summed E-state index contributed by atoms with van der Waals surface area (Å²) in [6.07, 6.45) is 0.905. The second-order valence-corrected chi connectivity index (χ2v) is 4.88. The number of carbonyl (C=O) groups excluding carboxylic acids is 1. The van der Waals surface area contributed by atoms with Crippen LogP contribution in [0, 0.1) is 17.7 Å². The van der Waals surface area contributed by atoms with Crippen molar-refractivity contribution in [1.82, 2.24) is 10.2 Å². The molecule has 0 saturated carbocycles. The molecule has 1 aromatic carbocycles. The van der Waals surface area contributed by atoms with Crippen molar-refractivity contribution in [3.05, 3.63) is 35.1 Å². The second kappa shape index (κ2) is 9.11. The third kappa shape index (κ3) is 6.89. The molecule has 0 fully saturated rings. The highest BCUT2D eigenvalue weighted by Gasteiger charge is 2.08. The second-order valence-electron chi connectivity index (χ2n) is 4.88. The average Bonchev–Trinajstić information content (AvgIpc) is 2.42. The van der Waals surface area contributed by atoms with Gasteiger partial charge in [0.25, 0.3) is 0 Å². The highest BCUT2D eigenvalue weighted by molar-refractivity contribution is 5.77. The molecule has 1 rings (SSSR count). The minimum Gasteiger partial charge on any atom is -0.355 e. The lowest BCUT2D eigenvalue weighted by Gasteiger charge is -2.16. The normalized spacial score (nSPS) is 10.1. The van der Waals surface area contributed by atoms with Crippen molar-refractivity contribution in [3.8, 4) is 11.8 Å². The van der Waals surface area contributed by atoms with Crippen molar-refractivity contribution >= 4 is 5.91 Å². The summed E-state index contributed by atoms with van der Waals surface area (Å²) in [7, 11) is 1.82. The Morgan fingerprint density at radius 1 is 1.43 bits per heavy atom. The molecule has 0 aliphatic heterocycles. The number of benzene rings is 1. The van der Waals surface area contributed by atoms with Gasteiger partial charge in [0.05, 0.1) is 13.1 Å². The summed E-state index contributed by atoms with van der Waals surface area (Å²) in [5.74, 6) is 5.15. The fourth-order valence-corrected chi connectivity index (χ4v) is 1.90. The molecule has 0 aromatic heterocycles. The van der Waals surface area contributed by atoms with Crippen LogP contribution >= 0.6 is 0 Å². The molecule has 0 aliphatic rings. The molecule has 0 atom stereocenters. The summed E-state index contributed by atoms with van der Waals surface area (Å²) in [5, 5.41) is 2.81. The third-order valence-corrected chi connectivity index (χ3v) is 2.73. The fraction of sp³-hybridized carbons (Fsp3) is 0.438. The lowest BCUT2D eigenvalue weighted by molar-refractivity contribution is -0.122. The van der Waals surface area contributed by atoms with Crippen LogP contribution in [0.15, 0.2) is 18.2 Å². The Hall–Kier alpha value is -1.90. The van der Waals surface area contributed by atoms with Crippen LogP contribution in [0.2, 0.25) is 0 Å². The topological polar surface area (TPSA) is 58.4 Å². The van der Waals surface area contributed by atoms with E-state index < -0.39 is 0 Å². The van der Waals surface area contributed by atoms with Crippen LogP contribution in [0.5, 0.6) is 0 Å². The van der Waals surface area contributed by atoms with Crippen molar-refractivity contribution in [2.75, 3.05) is 26.7 Å². The molecule has 5 heteroatoms. The first kappa shape index (κ1) is 17.2. The standard InChI is InChI=1S/C16H22FN3O/c1-3-7-19-16(21)12-20(2)11-14-8-13(5-4-6-18)9-15(17)10-14/h8-10H,3,6-7,11-12,18H2,1-2H3,(H,19,21). The van der Waals surface area contributed by atoms with Gasteiger partial charge in [0.15, 0.2) is 0 Å². The van der Waals surface area contributed by atoms with Crippen molar-refractivity contribution < 1.29 is 9.18 Å². The number of likely N-dealkylation sites (N-methyl/N-ethyl adjacent to an activating group) is 1. The maximum atomic E-state index is 13.5. The minimum absolute atomic E-state index is 0.0288. The summed E-state index contributed by atoms with van der Waals surface area (Å²) in [5.41, 5.74) is 6.68. The van der Waals surface area contributed by atoms with Crippen LogP contribution < -0.4 is 11.1 Å². The summed E-state index contributed by atoms with van der Waals surface area (Å²) in [6, 6.07) is 4.64. The minimum atomic E-state index is -0.336. The molecule has 1 aromatic rings. The number of halogens is 1. The van der Waals surface area contributed by atoms with Gasteiger partial charge in [-0.3, -0.25) is 9.69 Å². The van der Waals surface area contributed by atoms with E-state index in [0.29, 0.717) is 18.7 Å². The van der Waals surface area contributed by atoms with Gasteiger partial charge in [-0.2, -0.15) is 0 Å². The smallest absolute Gasteiger partial charge is 0.234 e. The highest BCUT2D eigenvalue weighted by atomic mass is 19.1. The monoisotopic (exact) mass is 291 g/mol. The lowest BCUT2D eigenvalue weighted by atomic mass is 10.1. The van der Waals surface area contributed by atoms with Crippen LogP contribution in [-0.2, 0) is 11.3 Å². The first-order valence-electron chi connectivity index (χ1n) is 6.98. The number of amides is 1. The molecular formula is C16H22FN3O. The molecule has 1 amide bonds. The molecule has 0 spiro atoms. The molecular weight excluding hydrogens is 269 g/mol. The van der Waals surface area contributed by atoms with E-state index in [-0.39, 0.29) is 24.8 Å². The Morgan fingerprint density at radius 3 is 2.86 bits per heavy atom. The first-order chi connectivity index (χ1) is 10.0. The van der Waals surface area contributed by atoms with Gasteiger partial charge in [-0.1, -0.05) is 18.8 Å². The zero-order valence-electron chi connectivity index (χ0n) is 12.6. The SMILES string of the molecule is CCCNC(=O)CN(C)Cc1cc(F)cc(C#CCN)c1. The van der Waals surface area contributed by atoms with Crippen LogP contribution in [0.4, 0.5) is 4.39 Å². The molecule has 0 bridgehead atoms. The van der Waals surface area contributed by atoms with Gasteiger partial charge in [-0.15, -0.1) is 0 Å². The number of nitrogens with one attached hydrogen (secondary N) is 1. The Balaban J connectivity index is 2.65. The molecule has 3 N–H and O–H groups in total. The summed E-state index contributed by atoms with van der Waals surface area (Å²) < 4.78 is 13.5. The maximum Gasteiger partial charge on any atom is 0.234 e.